The van der Waals surface area contributed by atoms with Gasteiger partial charge in [0.1, 0.15) is 0 Å². The van der Waals surface area contributed by atoms with E-state index in [2.05, 4.69) is 15.9 Å². The van der Waals surface area contributed by atoms with E-state index in [-0.39, 0.29) is 5.41 Å². The maximum Gasteiger partial charge on any atom is 0.0873 e. The van der Waals surface area contributed by atoms with Gasteiger partial charge in [0.25, 0.3) is 0 Å². The van der Waals surface area contributed by atoms with E-state index in [0.717, 1.165) is 35.7 Å². The van der Waals surface area contributed by atoms with Crippen LogP contribution in [0.1, 0.15) is 50.2 Å². The van der Waals surface area contributed by atoms with Gasteiger partial charge < -0.3 is 10.8 Å². The molecule has 0 aromatic heterocycles. The van der Waals surface area contributed by atoms with E-state index in [9.17, 15) is 5.11 Å². The normalized spacial score (nSPS) is 20.8. The van der Waals surface area contributed by atoms with Crippen molar-refractivity contribution < 1.29 is 5.11 Å². The van der Waals surface area contributed by atoms with Gasteiger partial charge in [0, 0.05) is 27.0 Å². The standard InChI is InChI=1S/C15H21BrClNO/c16-11-5-6-13(17)12(9-11)14(19)15(10-18)7-3-1-2-4-8-15/h5-6,9,14,19H,1-4,7-8,10,18H2. The molecule has 1 aliphatic carbocycles. The highest BCUT2D eigenvalue weighted by molar-refractivity contribution is 9.10. The molecule has 1 saturated carbocycles. The third-order valence-electron chi connectivity index (χ3n) is 4.34. The van der Waals surface area contributed by atoms with Gasteiger partial charge in [-0.15, -0.1) is 0 Å². The summed E-state index contributed by atoms with van der Waals surface area (Å²) in [6.07, 6.45) is 6.13. The van der Waals surface area contributed by atoms with Gasteiger partial charge in [-0.1, -0.05) is 53.2 Å². The predicted molar refractivity (Wildman–Crippen MR) is 83.3 cm³/mol. The van der Waals surface area contributed by atoms with Crippen molar-refractivity contribution in [1.29, 1.82) is 0 Å². The second kappa shape index (κ2) is 6.57. The Kier molecular flexibility index (Phi) is 5.29. The summed E-state index contributed by atoms with van der Waals surface area (Å²) in [6, 6.07) is 5.63. The summed E-state index contributed by atoms with van der Waals surface area (Å²) in [6.45, 7) is 0.511. The van der Waals surface area contributed by atoms with Crippen LogP contribution in [0.3, 0.4) is 0 Å². The lowest BCUT2D eigenvalue weighted by Gasteiger charge is -2.37. The predicted octanol–water partition coefficient (Wildman–Crippen LogP) is 4.44. The fourth-order valence-corrected chi connectivity index (χ4v) is 3.68. The number of halogens is 2. The Bertz CT molecular complexity index is 430. The van der Waals surface area contributed by atoms with Crippen molar-refractivity contribution in [3.05, 3.63) is 33.3 Å². The molecule has 106 valence electrons. The molecule has 0 saturated heterocycles. The monoisotopic (exact) mass is 345 g/mol. The minimum absolute atomic E-state index is 0.221. The smallest absolute Gasteiger partial charge is 0.0873 e. The van der Waals surface area contributed by atoms with Gasteiger partial charge in [0.05, 0.1) is 6.10 Å². The molecule has 0 aliphatic heterocycles. The summed E-state index contributed by atoms with van der Waals surface area (Å²) < 4.78 is 0.937. The zero-order valence-electron chi connectivity index (χ0n) is 11.0. The Morgan fingerprint density at radius 3 is 2.47 bits per heavy atom. The van der Waals surface area contributed by atoms with Crippen LogP contribution in [0.4, 0.5) is 0 Å². The van der Waals surface area contributed by atoms with E-state index in [1.54, 1.807) is 0 Å². The van der Waals surface area contributed by atoms with Gasteiger partial charge >= 0.3 is 0 Å². The minimum atomic E-state index is -0.583. The molecule has 0 heterocycles. The highest BCUT2D eigenvalue weighted by Crippen LogP contribution is 2.46. The van der Waals surface area contributed by atoms with Crippen molar-refractivity contribution in [2.24, 2.45) is 11.1 Å². The molecule has 1 atom stereocenters. The van der Waals surface area contributed by atoms with Gasteiger partial charge in [-0.2, -0.15) is 0 Å². The van der Waals surface area contributed by atoms with Crippen molar-refractivity contribution in [3.8, 4) is 0 Å². The van der Waals surface area contributed by atoms with E-state index in [0.29, 0.717) is 11.6 Å². The molecule has 1 aromatic carbocycles. The number of hydrogen-bond acceptors (Lipinski definition) is 2. The number of hydrogen-bond donors (Lipinski definition) is 2. The summed E-state index contributed by atoms with van der Waals surface area (Å²) in [5.74, 6) is 0. The quantitative estimate of drug-likeness (QED) is 0.795. The molecular weight excluding hydrogens is 326 g/mol. The Hall–Kier alpha value is -0.0900. The van der Waals surface area contributed by atoms with E-state index < -0.39 is 6.10 Å². The molecule has 2 nitrogen and oxygen atoms in total. The molecule has 0 bridgehead atoms. The van der Waals surface area contributed by atoms with Crippen LogP contribution >= 0.6 is 27.5 Å². The number of nitrogens with two attached hydrogens (primary N) is 1. The van der Waals surface area contributed by atoms with Crippen molar-refractivity contribution in [2.45, 2.75) is 44.6 Å². The average molecular weight is 347 g/mol. The fourth-order valence-electron chi connectivity index (χ4n) is 3.08. The molecule has 2 rings (SSSR count). The number of rotatable bonds is 3. The van der Waals surface area contributed by atoms with Crippen molar-refractivity contribution >= 4 is 27.5 Å². The zero-order valence-corrected chi connectivity index (χ0v) is 13.4. The molecule has 4 heteroatoms. The van der Waals surface area contributed by atoms with Gasteiger partial charge in [0.15, 0.2) is 0 Å². The first-order chi connectivity index (χ1) is 9.09. The van der Waals surface area contributed by atoms with Crippen LogP contribution in [0.5, 0.6) is 0 Å². The van der Waals surface area contributed by atoms with Crippen LogP contribution in [0.2, 0.25) is 5.02 Å². The molecule has 1 aromatic rings. The first-order valence-corrected chi connectivity index (χ1v) is 8.09. The maximum absolute atomic E-state index is 10.8. The van der Waals surface area contributed by atoms with Crippen LogP contribution < -0.4 is 5.73 Å². The number of benzene rings is 1. The summed E-state index contributed by atoms with van der Waals surface area (Å²) in [5, 5.41) is 11.5. The highest BCUT2D eigenvalue weighted by atomic mass is 79.9. The van der Waals surface area contributed by atoms with Crippen molar-refractivity contribution in [3.63, 3.8) is 0 Å². The maximum atomic E-state index is 10.8. The Labute approximate surface area is 128 Å². The molecule has 0 spiro atoms. The minimum Gasteiger partial charge on any atom is -0.388 e. The second-order valence-corrected chi connectivity index (χ2v) is 6.87. The van der Waals surface area contributed by atoms with Crippen LogP contribution in [0.25, 0.3) is 0 Å². The topological polar surface area (TPSA) is 46.2 Å². The van der Waals surface area contributed by atoms with E-state index in [1.807, 2.05) is 18.2 Å². The number of aliphatic hydroxyl groups is 1. The third kappa shape index (κ3) is 3.33. The summed E-state index contributed by atoms with van der Waals surface area (Å²) >= 11 is 9.69. The van der Waals surface area contributed by atoms with E-state index in [1.165, 1.54) is 12.8 Å². The molecule has 3 N–H and O–H groups in total. The van der Waals surface area contributed by atoms with Gasteiger partial charge in [-0.25, -0.2) is 0 Å². The Morgan fingerprint density at radius 2 is 1.89 bits per heavy atom. The summed E-state index contributed by atoms with van der Waals surface area (Å²) in [4.78, 5) is 0. The number of aliphatic hydroxyl groups excluding tert-OH is 1. The first-order valence-electron chi connectivity index (χ1n) is 6.92. The highest BCUT2D eigenvalue weighted by Gasteiger charge is 2.38. The SMILES string of the molecule is NCC1(C(O)c2cc(Br)ccc2Cl)CCCCCC1. The lowest BCUT2D eigenvalue weighted by Crippen LogP contribution is -2.36. The third-order valence-corrected chi connectivity index (χ3v) is 5.18. The average Bonchev–Trinajstić information content (AvgIpc) is 2.67. The lowest BCUT2D eigenvalue weighted by molar-refractivity contribution is 0.0167. The largest absolute Gasteiger partial charge is 0.388 e. The van der Waals surface area contributed by atoms with Crippen molar-refractivity contribution in [1.82, 2.24) is 0 Å². The van der Waals surface area contributed by atoms with Crippen LogP contribution in [0.15, 0.2) is 22.7 Å². The molecule has 1 unspecified atom stereocenters. The van der Waals surface area contributed by atoms with Gasteiger partial charge in [-0.3, -0.25) is 0 Å². The van der Waals surface area contributed by atoms with E-state index in [4.69, 9.17) is 17.3 Å². The fraction of sp³-hybridized carbons (Fsp3) is 0.600. The Morgan fingerprint density at radius 1 is 1.26 bits per heavy atom. The van der Waals surface area contributed by atoms with Crippen LogP contribution in [-0.2, 0) is 0 Å². The molecule has 19 heavy (non-hydrogen) atoms. The Balaban J connectivity index is 2.33. The van der Waals surface area contributed by atoms with E-state index >= 15 is 0 Å². The van der Waals surface area contributed by atoms with Gasteiger partial charge in [-0.05, 0) is 31.0 Å². The molecule has 0 radical (unpaired) electrons. The van der Waals surface area contributed by atoms with Crippen molar-refractivity contribution in [2.75, 3.05) is 6.54 Å². The molecule has 0 amide bonds. The van der Waals surface area contributed by atoms with Crippen LogP contribution in [0, 0.1) is 5.41 Å². The molecular formula is C15H21BrClNO. The summed E-state index contributed by atoms with van der Waals surface area (Å²) in [7, 11) is 0. The second-order valence-electron chi connectivity index (χ2n) is 5.55. The lowest BCUT2D eigenvalue weighted by atomic mass is 9.73. The first kappa shape index (κ1) is 15.3. The molecule has 1 fully saturated rings. The van der Waals surface area contributed by atoms with Crippen LogP contribution in [-0.4, -0.2) is 11.7 Å². The van der Waals surface area contributed by atoms with Gasteiger partial charge in [0.2, 0.25) is 0 Å². The zero-order chi connectivity index (χ0) is 13.9. The summed E-state index contributed by atoms with van der Waals surface area (Å²) in [5.41, 5.74) is 6.59. The molecule has 1 aliphatic rings.